The van der Waals surface area contributed by atoms with E-state index < -0.39 is 11.9 Å². The number of nitrogens with zero attached hydrogens (tertiary/aromatic N) is 2. The van der Waals surface area contributed by atoms with Gasteiger partial charge in [-0.25, -0.2) is 10.3 Å². The number of benzene rings is 3. The number of carbonyl (C=O) groups excluding carboxylic acids is 2. The summed E-state index contributed by atoms with van der Waals surface area (Å²) >= 11 is 3.30. The van der Waals surface area contributed by atoms with Crippen LogP contribution >= 0.6 is 15.9 Å². The predicted molar refractivity (Wildman–Crippen MR) is 105 cm³/mol. The summed E-state index contributed by atoms with van der Waals surface area (Å²) in [7, 11) is 0. The zero-order chi connectivity index (χ0) is 19.1. The van der Waals surface area contributed by atoms with E-state index in [-0.39, 0.29) is 0 Å². The van der Waals surface area contributed by atoms with E-state index in [1.807, 2.05) is 12.1 Å². The lowest BCUT2D eigenvalue weighted by molar-refractivity contribution is 0.0595. The van der Waals surface area contributed by atoms with Crippen LogP contribution in [0.4, 0.5) is 11.4 Å². The number of halogens is 1. The molecule has 0 saturated heterocycles. The summed E-state index contributed by atoms with van der Waals surface area (Å²) in [5, 5.41) is 7.60. The number of azo groups is 1. The minimum atomic E-state index is -0.514. The van der Waals surface area contributed by atoms with Crippen molar-refractivity contribution in [1.29, 1.82) is 0 Å². The Balaban J connectivity index is 1.57. The van der Waals surface area contributed by atoms with Crippen LogP contribution in [-0.4, -0.2) is 11.9 Å². The molecular weight excluding hydrogens is 410 g/mol. The summed E-state index contributed by atoms with van der Waals surface area (Å²) in [6.07, 6.45) is 0. The average molecular weight is 424 g/mol. The first-order chi connectivity index (χ1) is 13.1. The van der Waals surface area contributed by atoms with Crippen LogP contribution in [-0.2, 0) is 4.84 Å². The molecule has 3 aromatic carbocycles. The Kier molecular flexibility index (Phi) is 6.06. The monoisotopic (exact) mass is 423 g/mol. The van der Waals surface area contributed by atoms with E-state index in [2.05, 4.69) is 31.6 Å². The summed E-state index contributed by atoms with van der Waals surface area (Å²) < 4.78 is 0.649. The van der Waals surface area contributed by atoms with Gasteiger partial charge in [0.1, 0.15) is 0 Å². The van der Waals surface area contributed by atoms with E-state index in [9.17, 15) is 9.59 Å². The third kappa shape index (κ3) is 5.08. The largest absolute Gasteiger partial charge is 0.363 e. The lowest BCUT2D eigenvalue weighted by Gasteiger charge is -2.07. The van der Waals surface area contributed by atoms with Crippen molar-refractivity contribution in [3.8, 4) is 0 Å². The number of hydrogen-bond acceptors (Lipinski definition) is 5. The highest BCUT2D eigenvalue weighted by atomic mass is 79.9. The van der Waals surface area contributed by atoms with Crippen molar-refractivity contribution in [3.05, 3.63) is 94.5 Å². The number of amides is 1. The van der Waals surface area contributed by atoms with E-state index in [0.29, 0.717) is 27.0 Å². The molecule has 0 heterocycles. The second-order valence-corrected chi connectivity index (χ2v) is 6.24. The first-order valence-corrected chi connectivity index (χ1v) is 8.76. The van der Waals surface area contributed by atoms with Crippen LogP contribution in [0.1, 0.15) is 20.7 Å². The van der Waals surface area contributed by atoms with Crippen LogP contribution in [0.25, 0.3) is 0 Å². The quantitative estimate of drug-likeness (QED) is 0.430. The fraction of sp³-hybridized carbons (Fsp3) is 0. The van der Waals surface area contributed by atoms with Crippen molar-refractivity contribution in [3.63, 3.8) is 0 Å². The van der Waals surface area contributed by atoms with Crippen LogP contribution < -0.4 is 5.48 Å². The third-order valence-corrected chi connectivity index (χ3v) is 4.19. The minimum absolute atomic E-state index is 0.412. The Morgan fingerprint density at radius 2 is 1.52 bits per heavy atom. The molecule has 0 bridgehead atoms. The molecule has 6 nitrogen and oxygen atoms in total. The molecule has 0 spiro atoms. The van der Waals surface area contributed by atoms with Crippen molar-refractivity contribution < 1.29 is 14.4 Å². The highest BCUT2D eigenvalue weighted by molar-refractivity contribution is 9.10. The molecule has 3 aromatic rings. The Hall–Kier alpha value is -3.32. The van der Waals surface area contributed by atoms with Crippen LogP contribution in [0.15, 0.2) is 93.6 Å². The maximum atomic E-state index is 12.0. The molecule has 0 aliphatic carbocycles. The first kappa shape index (κ1) is 18.5. The second-order valence-electron chi connectivity index (χ2n) is 5.39. The molecular formula is C20H14BrN3O3. The Morgan fingerprint density at radius 3 is 2.22 bits per heavy atom. The number of anilines is 1. The fourth-order valence-corrected chi connectivity index (χ4v) is 2.57. The Bertz CT molecular complexity index is 973. The van der Waals surface area contributed by atoms with Crippen molar-refractivity contribution >= 4 is 39.2 Å². The molecule has 0 radical (unpaired) electrons. The molecule has 0 aromatic heterocycles. The molecule has 134 valence electrons. The minimum Gasteiger partial charge on any atom is -0.338 e. The van der Waals surface area contributed by atoms with Crippen LogP contribution in [0.2, 0.25) is 0 Å². The van der Waals surface area contributed by atoms with Gasteiger partial charge in [0.15, 0.2) is 0 Å². The molecule has 27 heavy (non-hydrogen) atoms. The second kappa shape index (κ2) is 8.86. The summed E-state index contributed by atoms with van der Waals surface area (Å²) in [5.74, 6) is -0.931. The molecule has 0 aliphatic rings. The van der Waals surface area contributed by atoms with Crippen molar-refractivity contribution in [2.75, 3.05) is 5.48 Å². The standard InChI is InChI=1S/C20H14BrN3O3/c21-18-9-5-4-8-17(18)20(26)27-24-16-12-10-15(11-13-16)22-23-19(25)14-6-2-1-3-7-14/h1-13,24H. The van der Waals surface area contributed by atoms with E-state index in [4.69, 9.17) is 4.84 Å². The summed E-state index contributed by atoms with van der Waals surface area (Å²) in [4.78, 5) is 29.0. The molecule has 7 heteroatoms. The SMILES string of the molecule is O=C(N=Nc1ccc(NOC(=O)c2ccccc2Br)cc1)c1ccccc1. The van der Waals surface area contributed by atoms with Gasteiger partial charge in [-0.1, -0.05) is 30.3 Å². The summed E-state index contributed by atoms with van der Waals surface area (Å²) in [6, 6.07) is 22.3. The number of hydrogen-bond donors (Lipinski definition) is 1. The number of nitrogens with one attached hydrogen (secondary N) is 1. The highest BCUT2D eigenvalue weighted by Gasteiger charge is 2.11. The fourth-order valence-electron chi connectivity index (χ4n) is 2.12. The lowest BCUT2D eigenvalue weighted by Crippen LogP contribution is -2.11. The van der Waals surface area contributed by atoms with Crippen LogP contribution in [0.3, 0.4) is 0 Å². The Morgan fingerprint density at radius 1 is 0.852 bits per heavy atom. The normalized spacial score (nSPS) is 10.6. The molecule has 0 atom stereocenters. The maximum Gasteiger partial charge on any atom is 0.363 e. The maximum absolute atomic E-state index is 12.0. The molecule has 1 amide bonds. The van der Waals surface area contributed by atoms with E-state index in [0.717, 1.165) is 0 Å². The van der Waals surface area contributed by atoms with Gasteiger partial charge in [0.25, 0.3) is 5.91 Å². The van der Waals surface area contributed by atoms with Crippen molar-refractivity contribution in [2.24, 2.45) is 10.2 Å². The number of carbonyl (C=O) groups is 2. The molecule has 3 rings (SSSR count). The molecule has 0 fully saturated rings. The average Bonchev–Trinajstić information content (AvgIpc) is 2.72. The van der Waals surface area contributed by atoms with E-state index in [1.165, 1.54) is 0 Å². The summed E-state index contributed by atoms with van der Waals surface area (Å²) in [5.41, 5.74) is 4.52. The van der Waals surface area contributed by atoms with Gasteiger partial charge in [0.2, 0.25) is 0 Å². The van der Waals surface area contributed by atoms with Crippen molar-refractivity contribution in [1.82, 2.24) is 0 Å². The zero-order valence-electron chi connectivity index (χ0n) is 14.0. The van der Waals surface area contributed by atoms with Gasteiger partial charge in [-0.15, -0.1) is 10.2 Å². The lowest BCUT2D eigenvalue weighted by atomic mass is 10.2. The zero-order valence-corrected chi connectivity index (χ0v) is 15.6. The van der Waals surface area contributed by atoms with Gasteiger partial charge in [-0.2, -0.15) is 0 Å². The van der Waals surface area contributed by atoms with Gasteiger partial charge >= 0.3 is 5.97 Å². The first-order valence-electron chi connectivity index (χ1n) is 7.96. The molecule has 1 N–H and O–H groups in total. The van der Waals surface area contributed by atoms with Gasteiger partial charge in [-0.3, -0.25) is 4.79 Å². The van der Waals surface area contributed by atoms with Gasteiger partial charge in [0.05, 0.1) is 16.9 Å². The van der Waals surface area contributed by atoms with E-state index >= 15 is 0 Å². The topological polar surface area (TPSA) is 80.1 Å². The number of rotatable bonds is 5. The van der Waals surface area contributed by atoms with Crippen LogP contribution in [0.5, 0.6) is 0 Å². The third-order valence-electron chi connectivity index (χ3n) is 3.50. The van der Waals surface area contributed by atoms with Gasteiger partial charge < -0.3 is 4.84 Å². The predicted octanol–water partition coefficient (Wildman–Crippen LogP) is 5.56. The van der Waals surface area contributed by atoms with Crippen molar-refractivity contribution in [2.45, 2.75) is 0 Å². The van der Waals surface area contributed by atoms with Gasteiger partial charge in [-0.05, 0) is 64.5 Å². The molecule has 0 saturated carbocycles. The highest BCUT2D eigenvalue weighted by Crippen LogP contribution is 2.19. The summed E-state index contributed by atoms with van der Waals surface area (Å²) in [6.45, 7) is 0. The Labute approximate surface area is 164 Å². The van der Waals surface area contributed by atoms with Gasteiger partial charge in [0, 0.05) is 10.0 Å². The van der Waals surface area contributed by atoms with Crippen LogP contribution in [0, 0.1) is 0 Å². The molecule has 0 aliphatic heterocycles. The molecule has 0 unspecified atom stereocenters. The van der Waals surface area contributed by atoms with E-state index in [1.54, 1.807) is 66.7 Å². The smallest absolute Gasteiger partial charge is 0.338 e.